The average Bonchev–Trinajstić information content (AvgIpc) is 3.39. The molecule has 2 aromatic carbocycles. The number of halogens is 6. The predicted molar refractivity (Wildman–Crippen MR) is 138 cm³/mol. The lowest BCUT2D eigenvalue weighted by atomic mass is 9.84. The third kappa shape index (κ3) is 6.57. The molecule has 0 saturated carbocycles. The molecule has 1 aliphatic rings. The molecule has 41 heavy (non-hydrogen) atoms. The fraction of sp³-hybridized carbons (Fsp3) is 0.481. The highest BCUT2D eigenvalue weighted by Crippen LogP contribution is 2.45. The van der Waals surface area contributed by atoms with Crippen molar-refractivity contribution in [2.75, 3.05) is 9.80 Å². The smallest absolute Gasteiger partial charge is 0.416 e. The molecular weight excluding hydrogens is 554 g/mol. The monoisotopic (exact) mass is 584 g/mol. The molecule has 0 saturated heterocycles. The van der Waals surface area contributed by atoms with Crippen molar-refractivity contribution < 1.29 is 35.9 Å². The Labute approximate surface area is 232 Å². The van der Waals surface area contributed by atoms with Gasteiger partial charge in [-0.1, -0.05) is 36.6 Å². The first-order valence-electron chi connectivity index (χ1n) is 12.9. The van der Waals surface area contributed by atoms with Gasteiger partial charge < -0.3 is 9.64 Å². The lowest BCUT2D eigenvalue weighted by molar-refractivity contribution is -0.143. The van der Waals surface area contributed by atoms with Gasteiger partial charge in [0.1, 0.15) is 0 Å². The SMILES string of the molecule is Cc1ccc2c(c1)[C@@H](N(Cc1cc(C(F)(F)F)cc(C(F)(F)F)c1)c1nn[nH]n1)C[C@@H](C(C)C)N2C(=O)OC(C)C. The molecule has 2 atom stereocenters. The summed E-state index contributed by atoms with van der Waals surface area (Å²) in [5, 5.41) is 13.9. The van der Waals surface area contributed by atoms with E-state index in [9.17, 15) is 31.1 Å². The van der Waals surface area contributed by atoms with E-state index in [0.29, 0.717) is 23.4 Å². The molecule has 0 fully saturated rings. The van der Waals surface area contributed by atoms with Crippen molar-refractivity contribution in [3.05, 3.63) is 64.2 Å². The molecule has 0 radical (unpaired) electrons. The summed E-state index contributed by atoms with van der Waals surface area (Å²) < 4.78 is 87.3. The predicted octanol–water partition coefficient (Wildman–Crippen LogP) is 7.07. The van der Waals surface area contributed by atoms with Crippen LogP contribution in [0.25, 0.3) is 0 Å². The van der Waals surface area contributed by atoms with Gasteiger partial charge in [-0.3, -0.25) is 4.90 Å². The van der Waals surface area contributed by atoms with E-state index in [4.69, 9.17) is 4.74 Å². The summed E-state index contributed by atoms with van der Waals surface area (Å²) in [6.45, 7) is 8.73. The maximum atomic E-state index is 13.6. The van der Waals surface area contributed by atoms with E-state index in [-0.39, 0.29) is 36.0 Å². The fourth-order valence-electron chi connectivity index (χ4n) is 5.06. The summed E-state index contributed by atoms with van der Waals surface area (Å²) in [5.41, 5.74) is -1.11. The first-order chi connectivity index (χ1) is 19.1. The number of ether oxygens (including phenoxy) is 1. The molecule has 14 heteroatoms. The van der Waals surface area contributed by atoms with Crippen LogP contribution >= 0.6 is 0 Å². The number of anilines is 2. The number of amides is 1. The molecule has 0 unspecified atom stereocenters. The number of carbonyl (C=O) groups excluding carboxylic acids is 1. The van der Waals surface area contributed by atoms with Gasteiger partial charge in [-0.2, -0.15) is 31.6 Å². The Hall–Kier alpha value is -3.84. The first-order valence-corrected chi connectivity index (χ1v) is 12.9. The molecule has 0 spiro atoms. The third-order valence-corrected chi connectivity index (χ3v) is 6.87. The summed E-state index contributed by atoms with van der Waals surface area (Å²) in [4.78, 5) is 16.3. The van der Waals surface area contributed by atoms with Crippen molar-refractivity contribution in [3.63, 3.8) is 0 Å². The minimum atomic E-state index is -5.00. The number of aryl methyl sites for hydroxylation is 1. The van der Waals surface area contributed by atoms with Gasteiger partial charge in [0.2, 0.25) is 0 Å². The number of nitrogens with zero attached hydrogens (tertiary/aromatic N) is 5. The van der Waals surface area contributed by atoms with E-state index >= 15 is 0 Å². The highest BCUT2D eigenvalue weighted by atomic mass is 19.4. The Kier molecular flexibility index (Phi) is 8.23. The van der Waals surface area contributed by atoms with Gasteiger partial charge in [0.05, 0.1) is 29.0 Å². The fourth-order valence-corrected chi connectivity index (χ4v) is 5.06. The van der Waals surface area contributed by atoms with Gasteiger partial charge in [0.15, 0.2) is 0 Å². The zero-order valence-corrected chi connectivity index (χ0v) is 23.0. The Balaban J connectivity index is 1.87. The van der Waals surface area contributed by atoms with Gasteiger partial charge in [0, 0.05) is 12.6 Å². The van der Waals surface area contributed by atoms with Crippen LogP contribution in [0.5, 0.6) is 0 Å². The van der Waals surface area contributed by atoms with Crippen LogP contribution in [0.2, 0.25) is 0 Å². The van der Waals surface area contributed by atoms with Crippen LogP contribution in [0.3, 0.4) is 0 Å². The Morgan fingerprint density at radius 2 is 1.68 bits per heavy atom. The zero-order valence-electron chi connectivity index (χ0n) is 23.0. The normalized spacial score (nSPS) is 17.6. The van der Waals surface area contributed by atoms with Crippen LogP contribution in [0, 0.1) is 12.8 Å². The average molecular weight is 585 g/mol. The van der Waals surface area contributed by atoms with Crippen molar-refractivity contribution in [3.8, 4) is 0 Å². The number of H-pyrrole nitrogens is 1. The van der Waals surface area contributed by atoms with Crippen molar-refractivity contribution in [1.29, 1.82) is 0 Å². The van der Waals surface area contributed by atoms with Crippen LogP contribution in [-0.4, -0.2) is 38.9 Å². The quantitative estimate of drug-likeness (QED) is 0.312. The summed E-state index contributed by atoms with van der Waals surface area (Å²) in [7, 11) is 0. The van der Waals surface area contributed by atoms with E-state index in [1.165, 1.54) is 4.90 Å². The third-order valence-electron chi connectivity index (χ3n) is 6.87. The number of rotatable bonds is 6. The van der Waals surface area contributed by atoms with E-state index in [2.05, 4.69) is 20.6 Å². The van der Waals surface area contributed by atoms with Gasteiger partial charge in [-0.05, 0) is 73.7 Å². The number of nitrogens with one attached hydrogen (secondary N) is 1. The largest absolute Gasteiger partial charge is 0.446 e. The van der Waals surface area contributed by atoms with E-state index in [0.717, 1.165) is 5.56 Å². The molecule has 1 amide bonds. The molecule has 4 rings (SSSR count). The molecule has 0 bridgehead atoms. The van der Waals surface area contributed by atoms with Crippen LogP contribution < -0.4 is 9.80 Å². The molecule has 2 heterocycles. The molecule has 8 nitrogen and oxygen atoms in total. The number of fused-ring (bicyclic) bond motifs is 1. The molecule has 1 aromatic heterocycles. The van der Waals surface area contributed by atoms with Crippen LogP contribution in [0.4, 0.5) is 42.8 Å². The maximum Gasteiger partial charge on any atom is 0.416 e. The van der Waals surface area contributed by atoms with Crippen LogP contribution in [0.1, 0.15) is 68.0 Å². The minimum absolute atomic E-state index is 0.0193. The highest BCUT2D eigenvalue weighted by molar-refractivity contribution is 5.90. The standard InChI is InChI=1S/C27H30F6N6O2/c1-14(2)22-12-23(20-8-16(5)6-7-21(20)39(22)25(40)41-15(3)4)38(24-34-36-37-35-24)13-17-9-18(26(28,29)30)11-19(10-17)27(31,32)33/h6-11,14-15,22-23H,12-13H2,1-5H3,(H,34,35,36,37)/t22-,23-/m0/s1. The topological polar surface area (TPSA) is 87.2 Å². The van der Waals surface area contributed by atoms with Crippen LogP contribution in [-0.2, 0) is 23.6 Å². The minimum Gasteiger partial charge on any atom is -0.446 e. The van der Waals surface area contributed by atoms with Gasteiger partial charge in [-0.15, -0.1) is 5.10 Å². The van der Waals surface area contributed by atoms with Crippen molar-refractivity contribution in [1.82, 2.24) is 20.6 Å². The number of hydrogen-bond donors (Lipinski definition) is 1. The lowest BCUT2D eigenvalue weighted by Gasteiger charge is -2.45. The number of aromatic amines is 1. The molecule has 1 aliphatic heterocycles. The van der Waals surface area contributed by atoms with Gasteiger partial charge in [0.25, 0.3) is 5.95 Å². The second kappa shape index (κ2) is 11.2. The van der Waals surface area contributed by atoms with E-state index in [1.54, 1.807) is 24.8 Å². The Morgan fingerprint density at radius 3 is 2.20 bits per heavy atom. The zero-order chi connectivity index (χ0) is 30.3. The number of aromatic nitrogens is 4. The van der Waals surface area contributed by atoms with E-state index in [1.807, 2.05) is 32.9 Å². The van der Waals surface area contributed by atoms with Crippen molar-refractivity contribution >= 4 is 17.7 Å². The summed E-state index contributed by atoms with van der Waals surface area (Å²) >= 11 is 0. The summed E-state index contributed by atoms with van der Waals surface area (Å²) in [6, 6.07) is 5.80. The molecule has 222 valence electrons. The Bertz CT molecular complexity index is 1340. The summed E-state index contributed by atoms with van der Waals surface area (Å²) in [5.74, 6) is -0.113. The molecule has 1 N–H and O–H groups in total. The number of tetrazole rings is 1. The second-order valence-electron chi connectivity index (χ2n) is 10.7. The summed E-state index contributed by atoms with van der Waals surface area (Å²) in [6.07, 6.45) is -10.7. The molecule has 3 aromatic rings. The number of alkyl halides is 6. The van der Waals surface area contributed by atoms with Gasteiger partial charge in [-0.25, -0.2) is 4.79 Å². The van der Waals surface area contributed by atoms with Crippen molar-refractivity contribution in [2.45, 2.75) is 78.1 Å². The van der Waals surface area contributed by atoms with E-state index < -0.39 is 48.2 Å². The lowest BCUT2D eigenvalue weighted by Crippen LogP contribution is -2.50. The Morgan fingerprint density at radius 1 is 1.05 bits per heavy atom. The first kappa shape index (κ1) is 30.1. The highest BCUT2D eigenvalue weighted by Gasteiger charge is 2.42. The number of carbonyl (C=O) groups is 1. The maximum absolute atomic E-state index is 13.6. The molecule has 0 aliphatic carbocycles. The number of benzene rings is 2. The second-order valence-corrected chi connectivity index (χ2v) is 10.7. The molecular formula is C27H30F6N6O2. The van der Waals surface area contributed by atoms with Gasteiger partial charge >= 0.3 is 18.4 Å². The van der Waals surface area contributed by atoms with Crippen molar-refractivity contribution in [2.24, 2.45) is 5.92 Å². The number of hydrogen-bond acceptors (Lipinski definition) is 6. The van der Waals surface area contributed by atoms with Crippen LogP contribution in [0.15, 0.2) is 36.4 Å².